The van der Waals surface area contributed by atoms with Crippen molar-refractivity contribution in [3.8, 4) is 5.75 Å². The summed E-state index contributed by atoms with van der Waals surface area (Å²) in [6, 6.07) is 9.07. The maximum Gasteiger partial charge on any atom is 0.223 e. The number of carbonyl (C=O) groups excluding carboxylic acids is 1. The molecule has 4 aliphatic rings. The quantitative estimate of drug-likeness (QED) is 0.708. The molecule has 6 nitrogen and oxygen atoms in total. The van der Waals surface area contributed by atoms with Gasteiger partial charge in [0.05, 0.1) is 25.4 Å². The zero-order valence-electron chi connectivity index (χ0n) is 19.1. The molecule has 7 heteroatoms. The number of nitrogens with one attached hydrogen (secondary N) is 1. The average Bonchev–Trinajstić information content (AvgIpc) is 3.08. The number of fused-ring (bicyclic) bond motifs is 7. The largest absolute Gasteiger partial charge is 0.494 e. The molecule has 1 aliphatic carbocycles. The highest BCUT2D eigenvalue weighted by Crippen LogP contribution is 2.36. The Bertz CT molecular complexity index is 739. The summed E-state index contributed by atoms with van der Waals surface area (Å²) in [7, 11) is 4.06. The summed E-state index contributed by atoms with van der Waals surface area (Å²) in [5.74, 6) is 1.73. The zero-order chi connectivity index (χ0) is 21.8. The number of hydrogen-bond donors (Lipinski definition) is 1. The van der Waals surface area contributed by atoms with Crippen molar-refractivity contribution < 1.29 is 14.3 Å². The minimum atomic E-state index is 0.0780. The van der Waals surface area contributed by atoms with Gasteiger partial charge in [0.25, 0.3) is 0 Å². The predicted molar refractivity (Wildman–Crippen MR) is 125 cm³/mol. The van der Waals surface area contributed by atoms with Gasteiger partial charge >= 0.3 is 0 Å². The lowest BCUT2D eigenvalue weighted by atomic mass is 9.82. The number of amides is 1. The van der Waals surface area contributed by atoms with Crippen LogP contribution in [0.25, 0.3) is 0 Å². The predicted octanol–water partition coefficient (Wildman–Crippen LogP) is 3.97. The van der Waals surface area contributed by atoms with Gasteiger partial charge < -0.3 is 14.4 Å². The van der Waals surface area contributed by atoms with E-state index in [-0.39, 0.29) is 24.0 Å². The second-order valence-electron chi connectivity index (χ2n) is 9.41. The van der Waals surface area contributed by atoms with Crippen molar-refractivity contribution in [1.29, 1.82) is 0 Å². The smallest absolute Gasteiger partial charge is 0.223 e. The summed E-state index contributed by atoms with van der Waals surface area (Å²) < 4.78 is 18.1. The molecule has 3 heterocycles. The van der Waals surface area contributed by atoms with Crippen LogP contribution in [0, 0.1) is 0 Å². The van der Waals surface area contributed by atoms with Gasteiger partial charge in [0.15, 0.2) is 0 Å². The van der Waals surface area contributed by atoms with Gasteiger partial charge in [0, 0.05) is 30.6 Å². The van der Waals surface area contributed by atoms with Crippen molar-refractivity contribution in [3.63, 3.8) is 0 Å². The Morgan fingerprint density at radius 1 is 1.19 bits per heavy atom. The minimum absolute atomic E-state index is 0.0780. The Hall–Kier alpha value is -1.28. The molecule has 172 valence electrons. The molecule has 0 spiro atoms. The number of benzene rings is 1. The SMILES string of the molecule is CC1CC(NSN(C)C)C2COC3CCC(CC3)c3cccc(c3)OCCCC(=O)N12. The Morgan fingerprint density at radius 3 is 2.77 bits per heavy atom. The van der Waals surface area contributed by atoms with Gasteiger partial charge in [-0.15, -0.1) is 0 Å². The molecule has 3 atom stereocenters. The minimum Gasteiger partial charge on any atom is -0.494 e. The maximum absolute atomic E-state index is 13.2. The van der Waals surface area contributed by atoms with Crippen molar-refractivity contribution in [2.45, 2.75) is 82.0 Å². The van der Waals surface area contributed by atoms with Crippen LogP contribution in [0.4, 0.5) is 0 Å². The van der Waals surface area contributed by atoms with E-state index in [1.807, 2.05) is 20.2 Å². The molecular formula is C24H37N3O3S. The lowest BCUT2D eigenvalue weighted by Crippen LogP contribution is -2.48. The second-order valence-corrected chi connectivity index (χ2v) is 10.6. The van der Waals surface area contributed by atoms with E-state index in [1.54, 1.807) is 12.1 Å². The Balaban J connectivity index is 1.50. The van der Waals surface area contributed by atoms with Crippen molar-refractivity contribution >= 4 is 18.0 Å². The highest BCUT2D eigenvalue weighted by atomic mass is 32.2. The third-order valence-corrected chi connectivity index (χ3v) is 7.65. The van der Waals surface area contributed by atoms with Gasteiger partial charge in [-0.05, 0) is 83.2 Å². The monoisotopic (exact) mass is 447 g/mol. The van der Waals surface area contributed by atoms with E-state index < -0.39 is 0 Å². The molecule has 4 bridgehead atoms. The summed E-state index contributed by atoms with van der Waals surface area (Å²) in [6.45, 7) is 3.35. The zero-order valence-corrected chi connectivity index (χ0v) is 19.9. The third-order valence-electron chi connectivity index (χ3n) is 6.88. The van der Waals surface area contributed by atoms with Crippen LogP contribution in [0.15, 0.2) is 24.3 Å². The second kappa shape index (κ2) is 10.6. The number of rotatable bonds is 3. The first kappa shape index (κ1) is 22.9. The first-order chi connectivity index (χ1) is 15.0. The molecule has 31 heavy (non-hydrogen) atoms. The van der Waals surface area contributed by atoms with E-state index in [9.17, 15) is 4.79 Å². The van der Waals surface area contributed by atoms with Crippen LogP contribution in [0.2, 0.25) is 0 Å². The summed E-state index contributed by atoms with van der Waals surface area (Å²) in [4.78, 5) is 15.3. The molecule has 1 saturated heterocycles. The first-order valence-electron chi connectivity index (χ1n) is 11.8. The first-order valence-corrected chi connectivity index (χ1v) is 12.5. The summed E-state index contributed by atoms with van der Waals surface area (Å²) in [6.07, 6.45) is 6.95. The molecule has 3 aliphatic heterocycles. The molecule has 2 fully saturated rings. The highest BCUT2D eigenvalue weighted by molar-refractivity contribution is 7.95. The van der Waals surface area contributed by atoms with E-state index in [0.717, 1.165) is 44.3 Å². The van der Waals surface area contributed by atoms with E-state index in [4.69, 9.17) is 9.47 Å². The summed E-state index contributed by atoms with van der Waals surface area (Å²) in [5, 5.41) is 0. The highest BCUT2D eigenvalue weighted by Gasteiger charge is 2.42. The summed E-state index contributed by atoms with van der Waals surface area (Å²) in [5.41, 5.74) is 1.37. The normalized spacial score (nSPS) is 32.2. The number of hydrogen-bond acceptors (Lipinski definition) is 6. The number of nitrogens with zero attached hydrogens (tertiary/aromatic N) is 2. The van der Waals surface area contributed by atoms with Crippen LogP contribution in [0.5, 0.6) is 5.75 Å². The maximum atomic E-state index is 13.2. The molecule has 1 aromatic carbocycles. The third kappa shape index (κ3) is 5.75. The topological polar surface area (TPSA) is 54.0 Å². The molecule has 1 aromatic rings. The lowest BCUT2D eigenvalue weighted by Gasteiger charge is -2.34. The summed E-state index contributed by atoms with van der Waals surface area (Å²) >= 11 is 1.60. The van der Waals surface area contributed by atoms with Crippen molar-refractivity contribution in [3.05, 3.63) is 29.8 Å². The van der Waals surface area contributed by atoms with Crippen molar-refractivity contribution in [2.75, 3.05) is 27.3 Å². The molecule has 5 rings (SSSR count). The van der Waals surface area contributed by atoms with Crippen LogP contribution in [-0.2, 0) is 9.53 Å². The van der Waals surface area contributed by atoms with E-state index in [0.29, 0.717) is 31.7 Å². The fourth-order valence-corrected chi connectivity index (χ4v) is 5.88. The van der Waals surface area contributed by atoms with Crippen LogP contribution in [0.3, 0.4) is 0 Å². The lowest BCUT2D eigenvalue weighted by molar-refractivity contribution is -0.136. The van der Waals surface area contributed by atoms with Gasteiger partial charge in [0.2, 0.25) is 5.91 Å². The molecular weight excluding hydrogens is 410 g/mol. The molecule has 1 saturated carbocycles. The fourth-order valence-electron chi connectivity index (χ4n) is 5.28. The van der Waals surface area contributed by atoms with Gasteiger partial charge in [-0.25, -0.2) is 9.03 Å². The van der Waals surface area contributed by atoms with E-state index in [2.05, 4.69) is 39.1 Å². The van der Waals surface area contributed by atoms with Crippen LogP contribution in [-0.4, -0.2) is 66.7 Å². The fraction of sp³-hybridized carbons (Fsp3) is 0.708. The van der Waals surface area contributed by atoms with E-state index in [1.165, 1.54) is 5.56 Å². The Morgan fingerprint density at radius 2 is 2.00 bits per heavy atom. The molecule has 0 radical (unpaired) electrons. The van der Waals surface area contributed by atoms with Gasteiger partial charge in [-0.2, -0.15) is 0 Å². The van der Waals surface area contributed by atoms with Gasteiger partial charge in [-0.3, -0.25) is 4.79 Å². The Labute approximate surface area is 191 Å². The van der Waals surface area contributed by atoms with Gasteiger partial charge in [0.1, 0.15) is 5.75 Å². The molecule has 1 N–H and O–H groups in total. The number of ether oxygens (including phenoxy) is 2. The van der Waals surface area contributed by atoms with E-state index >= 15 is 0 Å². The van der Waals surface area contributed by atoms with Crippen molar-refractivity contribution in [2.24, 2.45) is 0 Å². The van der Waals surface area contributed by atoms with Crippen LogP contribution >= 0.6 is 12.1 Å². The average molecular weight is 448 g/mol. The Kier molecular flexibility index (Phi) is 7.80. The van der Waals surface area contributed by atoms with Crippen molar-refractivity contribution in [1.82, 2.24) is 13.9 Å². The molecule has 3 unspecified atom stereocenters. The molecule has 1 amide bonds. The van der Waals surface area contributed by atoms with Crippen LogP contribution in [0.1, 0.15) is 63.4 Å². The van der Waals surface area contributed by atoms with Gasteiger partial charge in [-0.1, -0.05) is 12.1 Å². The number of carbonyl (C=O) groups is 1. The van der Waals surface area contributed by atoms with Crippen LogP contribution < -0.4 is 9.46 Å². The standard InChI is InChI=1S/C24H37N3O3S/c1-17-14-22(25-31-26(2)3)23-16-30-20-11-9-18(10-12-20)19-6-4-7-21(15-19)29-13-5-8-24(28)27(17)23/h4,6-7,15,17-18,20,22-23,25H,5,8-14,16H2,1-3H3. The molecule has 0 aromatic heterocycles.